The summed E-state index contributed by atoms with van der Waals surface area (Å²) in [6.45, 7) is 7.45. The minimum Gasteiger partial charge on any atom is -0.447 e. The highest BCUT2D eigenvalue weighted by Gasteiger charge is 2.28. The van der Waals surface area contributed by atoms with Gasteiger partial charge in [-0.2, -0.15) is 0 Å². The summed E-state index contributed by atoms with van der Waals surface area (Å²) in [6, 6.07) is -0.214. The van der Waals surface area contributed by atoms with Crippen LogP contribution in [0.3, 0.4) is 0 Å². The highest BCUT2D eigenvalue weighted by Crippen LogP contribution is 2.30. The van der Waals surface area contributed by atoms with Crippen LogP contribution in [-0.2, 0) is 9.47 Å². The van der Waals surface area contributed by atoms with Gasteiger partial charge in [-0.05, 0) is 27.7 Å². The summed E-state index contributed by atoms with van der Waals surface area (Å²) >= 11 is 1.30. The number of anilines is 1. The van der Waals surface area contributed by atoms with Gasteiger partial charge in [-0.1, -0.05) is 11.3 Å². The first kappa shape index (κ1) is 14.6. The van der Waals surface area contributed by atoms with Crippen molar-refractivity contribution in [3.8, 4) is 0 Å². The molecule has 0 radical (unpaired) electrons. The van der Waals surface area contributed by atoms with Crippen LogP contribution in [0.4, 0.5) is 14.7 Å². The van der Waals surface area contributed by atoms with Crippen molar-refractivity contribution in [2.45, 2.75) is 39.3 Å². The number of carbonyl (C=O) groups is 2. The fourth-order valence-corrected chi connectivity index (χ4v) is 2.69. The molecule has 1 saturated heterocycles. The summed E-state index contributed by atoms with van der Waals surface area (Å²) in [5.41, 5.74) is 0.184. The van der Waals surface area contributed by atoms with E-state index in [0.717, 1.165) is 10.6 Å². The number of rotatable bonds is 2. The zero-order valence-electron chi connectivity index (χ0n) is 11.8. The number of nitrogens with zero attached hydrogens (tertiary/aromatic N) is 1. The average molecular weight is 299 g/mol. The molecule has 1 atom stereocenters. The van der Waals surface area contributed by atoms with Crippen LogP contribution in [0.25, 0.3) is 0 Å². The summed E-state index contributed by atoms with van der Waals surface area (Å²) in [5.74, 6) is 0. The number of amides is 2. The lowest BCUT2D eigenvalue weighted by atomic mass is 10.2. The standard InChI is InChI=1S/C12H17N3O4S/c1-6-8(7-5-18-10(16)14-7)20-9(13-6)15-11(17)19-12(2,3)4/h7H,5H2,1-4H3,(H,14,16)(H,13,15,17). The third kappa shape index (κ3) is 3.60. The molecule has 1 aromatic heterocycles. The van der Waals surface area contributed by atoms with Crippen molar-refractivity contribution in [3.05, 3.63) is 10.6 Å². The van der Waals surface area contributed by atoms with Crippen molar-refractivity contribution in [2.75, 3.05) is 11.9 Å². The van der Waals surface area contributed by atoms with Crippen LogP contribution < -0.4 is 10.6 Å². The first-order valence-corrected chi connectivity index (χ1v) is 6.97. The maximum Gasteiger partial charge on any atom is 0.413 e. The number of nitrogens with one attached hydrogen (secondary N) is 2. The van der Waals surface area contributed by atoms with Crippen molar-refractivity contribution in [3.63, 3.8) is 0 Å². The van der Waals surface area contributed by atoms with Crippen LogP contribution in [0.5, 0.6) is 0 Å². The van der Waals surface area contributed by atoms with Crippen molar-refractivity contribution in [2.24, 2.45) is 0 Å². The van der Waals surface area contributed by atoms with Gasteiger partial charge in [0.2, 0.25) is 0 Å². The molecule has 0 bridgehead atoms. The van der Waals surface area contributed by atoms with Crippen LogP contribution >= 0.6 is 11.3 Å². The molecule has 2 N–H and O–H groups in total. The molecule has 1 aliphatic heterocycles. The molecule has 7 nitrogen and oxygen atoms in total. The Morgan fingerprint density at radius 1 is 1.55 bits per heavy atom. The van der Waals surface area contributed by atoms with Crippen LogP contribution in [0.2, 0.25) is 0 Å². The fraction of sp³-hybridized carbons (Fsp3) is 0.583. The number of alkyl carbamates (subject to hydrolysis) is 1. The van der Waals surface area contributed by atoms with Gasteiger partial charge < -0.3 is 14.8 Å². The molecule has 1 aliphatic rings. The highest BCUT2D eigenvalue weighted by atomic mass is 32.1. The van der Waals surface area contributed by atoms with Gasteiger partial charge in [-0.3, -0.25) is 5.32 Å². The number of hydrogen-bond donors (Lipinski definition) is 2. The minimum atomic E-state index is -0.563. The predicted octanol–water partition coefficient (Wildman–Crippen LogP) is 2.58. The van der Waals surface area contributed by atoms with E-state index < -0.39 is 17.8 Å². The van der Waals surface area contributed by atoms with Gasteiger partial charge >= 0.3 is 12.2 Å². The molecule has 1 aromatic rings. The number of thiazole rings is 1. The first-order chi connectivity index (χ1) is 9.24. The molecule has 0 aromatic carbocycles. The van der Waals surface area contributed by atoms with E-state index in [1.54, 1.807) is 20.8 Å². The molecule has 1 fully saturated rings. The number of cyclic esters (lactones) is 1. The number of aromatic nitrogens is 1. The summed E-state index contributed by atoms with van der Waals surface area (Å²) in [7, 11) is 0. The molecule has 0 saturated carbocycles. The molecule has 8 heteroatoms. The van der Waals surface area contributed by atoms with E-state index in [-0.39, 0.29) is 12.6 Å². The maximum absolute atomic E-state index is 11.7. The Bertz CT molecular complexity index is 535. The molecule has 20 heavy (non-hydrogen) atoms. The smallest absolute Gasteiger partial charge is 0.413 e. The van der Waals surface area contributed by atoms with Crippen molar-refractivity contribution < 1.29 is 19.1 Å². The van der Waals surface area contributed by atoms with Gasteiger partial charge in [-0.25, -0.2) is 14.6 Å². The van der Waals surface area contributed by atoms with Gasteiger partial charge in [0, 0.05) is 0 Å². The summed E-state index contributed by atoms with van der Waals surface area (Å²) in [4.78, 5) is 27.8. The number of ether oxygens (including phenoxy) is 2. The SMILES string of the molecule is Cc1nc(NC(=O)OC(C)(C)C)sc1C1COC(=O)N1. The largest absolute Gasteiger partial charge is 0.447 e. The third-order valence-electron chi connectivity index (χ3n) is 2.43. The normalized spacial score (nSPS) is 18.4. The van der Waals surface area contributed by atoms with Crippen LogP contribution in [0.15, 0.2) is 0 Å². The Balaban J connectivity index is 2.04. The van der Waals surface area contributed by atoms with Crippen LogP contribution in [-0.4, -0.2) is 29.4 Å². The van der Waals surface area contributed by atoms with Crippen molar-refractivity contribution in [1.82, 2.24) is 10.3 Å². The molecule has 2 rings (SSSR count). The Kier molecular flexibility index (Phi) is 3.85. The third-order valence-corrected chi connectivity index (χ3v) is 3.62. The summed E-state index contributed by atoms with van der Waals surface area (Å²) in [5, 5.41) is 5.71. The van der Waals surface area contributed by atoms with Crippen molar-refractivity contribution in [1.29, 1.82) is 0 Å². The molecule has 2 heterocycles. The zero-order valence-corrected chi connectivity index (χ0v) is 12.6. The second-order valence-electron chi connectivity index (χ2n) is 5.39. The molecule has 0 aliphatic carbocycles. The highest BCUT2D eigenvalue weighted by molar-refractivity contribution is 7.16. The average Bonchev–Trinajstić information content (AvgIpc) is 2.82. The molecule has 2 amide bonds. The van der Waals surface area contributed by atoms with E-state index >= 15 is 0 Å². The van der Waals surface area contributed by atoms with E-state index in [2.05, 4.69) is 15.6 Å². The van der Waals surface area contributed by atoms with Gasteiger partial charge in [0.1, 0.15) is 18.2 Å². The van der Waals surface area contributed by atoms with Crippen LogP contribution in [0.1, 0.15) is 37.4 Å². The van der Waals surface area contributed by atoms with Crippen molar-refractivity contribution >= 4 is 28.7 Å². The topological polar surface area (TPSA) is 89.6 Å². The number of carbonyl (C=O) groups excluding carboxylic acids is 2. The quantitative estimate of drug-likeness (QED) is 0.876. The second kappa shape index (κ2) is 5.28. The van der Waals surface area contributed by atoms with Crippen LogP contribution in [0, 0.1) is 6.92 Å². The Labute approximate surface area is 120 Å². The maximum atomic E-state index is 11.7. The first-order valence-electron chi connectivity index (χ1n) is 6.15. The summed E-state index contributed by atoms with van der Waals surface area (Å²) < 4.78 is 10.0. The second-order valence-corrected chi connectivity index (χ2v) is 6.42. The Hall–Kier alpha value is -1.83. The van der Waals surface area contributed by atoms with E-state index in [1.807, 2.05) is 6.92 Å². The van der Waals surface area contributed by atoms with E-state index in [0.29, 0.717) is 5.13 Å². The minimum absolute atomic E-state index is 0.214. The van der Waals surface area contributed by atoms with E-state index in [4.69, 9.17) is 9.47 Å². The van der Waals surface area contributed by atoms with E-state index in [1.165, 1.54) is 11.3 Å². The predicted molar refractivity (Wildman–Crippen MR) is 73.9 cm³/mol. The fourth-order valence-electron chi connectivity index (χ4n) is 1.70. The molecular weight excluding hydrogens is 282 g/mol. The van der Waals surface area contributed by atoms with Gasteiger partial charge in [0.05, 0.1) is 10.6 Å². The zero-order chi connectivity index (χ0) is 14.9. The molecule has 0 spiro atoms. The lowest BCUT2D eigenvalue weighted by molar-refractivity contribution is 0.0636. The lowest BCUT2D eigenvalue weighted by Crippen LogP contribution is -2.27. The molecule has 1 unspecified atom stereocenters. The number of hydrogen-bond acceptors (Lipinski definition) is 6. The summed E-state index contributed by atoms with van der Waals surface area (Å²) in [6.07, 6.45) is -0.992. The molecule has 110 valence electrons. The monoisotopic (exact) mass is 299 g/mol. The molecular formula is C12H17N3O4S. The lowest BCUT2D eigenvalue weighted by Gasteiger charge is -2.18. The number of aryl methyl sites for hydroxylation is 1. The van der Waals surface area contributed by atoms with Gasteiger partial charge in [-0.15, -0.1) is 0 Å². The Morgan fingerprint density at radius 3 is 2.80 bits per heavy atom. The van der Waals surface area contributed by atoms with Gasteiger partial charge in [0.15, 0.2) is 5.13 Å². The van der Waals surface area contributed by atoms with E-state index in [9.17, 15) is 9.59 Å². The Morgan fingerprint density at radius 2 is 2.25 bits per heavy atom. The van der Waals surface area contributed by atoms with Gasteiger partial charge in [0.25, 0.3) is 0 Å².